The minimum Gasteiger partial charge on any atom is -0.462 e. The van der Waals surface area contributed by atoms with Gasteiger partial charge in [-0.2, -0.15) is 0 Å². The Labute approximate surface area is 464 Å². The number of amides is 2. The molecule has 0 heterocycles. The fourth-order valence-electron chi connectivity index (χ4n) is 6.54. The van der Waals surface area contributed by atoms with Crippen molar-refractivity contribution in [2.75, 3.05) is 46.9 Å². The minimum absolute atomic E-state index is 0.0569. The summed E-state index contributed by atoms with van der Waals surface area (Å²) in [5.74, 6) is 1.92. The van der Waals surface area contributed by atoms with E-state index in [1.54, 1.807) is 120 Å². The molecule has 0 aliphatic heterocycles. The van der Waals surface area contributed by atoms with Crippen LogP contribution in [0, 0.1) is 0 Å². The van der Waals surface area contributed by atoms with Gasteiger partial charge in [0.15, 0.2) is 0 Å². The van der Waals surface area contributed by atoms with E-state index in [4.69, 9.17) is 44.3 Å². The topological polar surface area (TPSA) is 157 Å². The minimum atomic E-state index is -3.75. The summed E-state index contributed by atoms with van der Waals surface area (Å²) in [5, 5.41) is 5.64. The first-order valence-electron chi connectivity index (χ1n) is 23.6. The Morgan fingerprint density at radius 2 is 0.803 bits per heavy atom. The molecular formula is C57H53N2O11PS5. The summed E-state index contributed by atoms with van der Waals surface area (Å²) in [7, 11) is 0. The van der Waals surface area contributed by atoms with Crippen LogP contribution in [0.5, 0.6) is 17.2 Å². The van der Waals surface area contributed by atoms with Crippen LogP contribution in [-0.2, 0) is 46.8 Å². The lowest BCUT2D eigenvalue weighted by atomic mass is 10.1. The molecule has 76 heavy (non-hydrogen) atoms. The Morgan fingerprint density at radius 1 is 0.474 bits per heavy atom. The monoisotopic (exact) mass is 1130 g/mol. The van der Waals surface area contributed by atoms with Crippen molar-refractivity contribution in [1.82, 2.24) is 0 Å². The van der Waals surface area contributed by atoms with Gasteiger partial charge in [-0.1, -0.05) is 91.5 Å². The van der Waals surface area contributed by atoms with Gasteiger partial charge in [0.1, 0.15) is 42.7 Å². The summed E-state index contributed by atoms with van der Waals surface area (Å²) in [4.78, 5) is 54.7. The molecule has 0 radical (unpaired) electrons. The van der Waals surface area contributed by atoms with Gasteiger partial charge in [0.2, 0.25) is 0 Å². The predicted octanol–water partition coefficient (Wildman–Crippen LogP) is 14.3. The first-order valence-corrected chi connectivity index (χ1v) is 30.1. The zero-order chi connectivity index (χ0) is 53.2. The Morgan fingerprint density at radius 3 is 1.14 bits per heavy atom. The molecule has 392 valence electrons. The molecule has 0 aliphatic carbocycles. The van der Waals surface area contributed by atoms with Crippen LogP contribution in [0.3, 0.4) is 0 Å². The fourth-order valence-corrected chi connectivity index (χ4v) is 12.5. The summed E-state index contributed by atoms with van der Waals surface area (Å²) in [5.41, 5.74) is 1.51. The third kappa shape index (κ3) is 20.7. The van der Waals surface area contributed by atoms with E-state index in [0.29, 0.717) is 39.9 Å². The molecule has 2 amide bonds. The molecule has 7 rings (SSSR count). The van der Waals surface area contributed by atoms with Crippen molar-refractivity contribution in [2.24, 2.45) is 0 Å². The molecule has 0 aromatic heterocycles. The van der Waals surface area contributed by atoms with Gasteiger partial charge in [0, 0.05) is 71.9 Å². The average Bonchev–Trinajstić information content (AvgIpc) is 3.44. The Kier molecular flexibility index (Phi) is 23.0. The number of hydrogen-bond donors (Lipinski definition) is 2. The molecule has 0 bridgehead atoms. The number of carbonyl (C=O) groups excluding carboxylic acids is 4. The maximum atomic E-state index is 13.3. The van der Waals surface area contributed by atoms with Crippen LogP contribution in [0.4, 0.5) is 21.0 Å². The van der Waals surface area contributed by atoms with Gasteiger partial charge in [-0.25, -0.2) is 14.4 Å². The third-order valence-electron chi connectivity index (χ3n) is 10.1. The highest BCUT2D eigenvalue weighted by Crippen LogP contribution is 2.50. The molecule has 13 nitrogen and oxygen atoms in total. The molecular weight excluding hydrogens is 1080 g/mol. The Bertz CT molecular complexity index is 2730. The van der Waals surface area contributed by atoms with E-state index >= 15 is 0 Å². The van der Waals surface area contributed by atoms with E-state index in [-0.39, 0.29) is 36.9 Å². The Hall–Kier alpha value is -6.79. The van der Waals surface area contributed by atoms with E-state index in [2.05, 4.69) is 17.2 Å². The third-order valence-corrected chi connectivity index (χ3v) is 16.7. The standard InChI is InChI=1S/C57H53N2O11PS5/c1-2-54(60)64-35-36-65-55(61)37-42-23-29-45(30-24-42)68-71(72,69-46-31-25-43(26-32-46)58-56(62)66-48(38-73-50-15-7-3-8-16-50)39-74-51-17-9-4-10-18-51)70-47-33-27-44(28-34-47)59-57(63)67-49(40-75-52-19-11-5-12-20-52)41-76-53-21-13-6-14-22-53/h2-34,48-49H,1,35-41H2,(H,58,62)(H,59,63). The highest BCUT2D eigenvalue weighted by Gasteiger charge is 2.28. The number of benzene rings is 7. The van der Waals surface area contributed by atoms with Gasteiger partial charge in [-0.15, -0.1) is 47.0 Å². The zero-order valence-corrected chi connectivity index (χ0v) is 45.8. The number of carbonyl (C=O) groups is 4. The van der Waals surface area contributed by atoms with E-state index < -0.39 is 43.1 Å². The van der Waals surface area contributed by atoms with Crippen LogP contribution in [0.1, 0.15) is 5.56 Å². The average molecular weight is 1130 g/mol. The van der Waals surface area contributed by atoms with Crippen molar-refractivity contribution < 1.29 is 51.7 Å². The summed E-state index contributed by atoms with van der Waals surface area (Å²) in [6.07, 6.45) is -1.07. The highest BCUT2D eigenvalue weighted by molar-refractivity contribution is 8.08. The largest absolute Gasteiger partial charge is 0.490 e. The number of anilines is 2. The van der Waals surface area contributed by atoms with Crippen molar-refractivity contribution in [3.63, 3.8) is 0 Å². The zero-order valence-electron chi connectivity index (χ0n) is 40.8. The van der Waals surface area contributed by atoms with Crippen LogP contribution in [0.2, 0.25) is 0 Å². The number of ether oxygens (including phenoxy) is 4. The first kappa shape index (κ1) is 56.9. The number of esters is 2. The molecule has 0 saturated carbocycles. The first-order chi connectivity index (χ1) is 37.0. The van der Waals surface area contributed by atoms with Crippen molar-refractivity contribution in [3.8, 4) is 17.2 Å². The molecule has 7 aromatic rings. The van der Waals surface area contributed by atoms with E-state index in [1.807, 2.05) is 121 Å². The van der Waals surface area contributed by atoms with Crippen molar-refractivity contribution >= 4 is 101 Å². The SMILES string of the molecule is C=CC(=O)OCCOC(=O)Cc1ccc(OP(=S)(Oc2ccc(NC(=O)OC(CSc3ccccc3)CSc3ccccc3)cc2)Oc2ccc(NC(=O)OC(CSc3ccccc3)CSc3ccccc3)cc2)cc1. The lowest BCUT2D eigenvalue weighted by Gasteiger charge is -2.23. The van der Waals surface area contributed by atoms with Crippen molar-refractivity contribution in [3.05, 3.63) is 212 Å². The lowest BCUT2D eigenvalue weighted by molar-refractivity contribution is -0.149. The molecule has 0 unspecified atom stereocenters. The summed E-state index contributed by atoms with van der Waals surface area (Å²) in [6, 6.07) is 59.4. The van der Waals surface area contributed by atoms with Gasteiger partial charge in [0.25, 0.3) is 0 Å². The molecule has 0 spiro atoms. The molecule has 0 fully saturated rings. The summed E-state index contributed by atoms with van der Waals surface area (Å²) >= 11 is 12.5. The van der Waals surface area contributed by atoms with Gasteiger partial charge < -0.3 is 32.5 Å². The quantitative estimate of drug-likeness (QED) is 0.0119. The molecule has 0 atom stereocenters. The Balaban J connectivity index is 0.998. The van der Waals surface area contributed by atoms with Gasteiger partial charge >= 0.3 is 30.8 Å². The molecule has 19 heteroatoms. The molecule has 7 aromatic carbocycles. The van der Waals surface area contributed by atoms with Crippen molar-refractivity contribution in [2.45, 2.75) is 38.2 Å². The van der Waals surface area contributed by atoms with Crippen LogP contribution >= 0.6 is 53.8 Å². The lowest BCUT2D eigenvalue weighted by Crippen LogP contribution is -2.26. The van der Waals surface area contributed by atoms with E-state index in [9.17, 15) is 19.2 Å². The number of hydrogen-bond acceptors (Lipinski definition) is 16. The number of thioether (sulfide) groups is 4. The smallest absolute Gasteiger partial charge is 0.462 e. The number of nitrogens with one attached hydrogen (secondary N) is 2. The second-order valence-electron chi connectivity index (χ2n) is 16.0. The van der Waals surface area contributed by atoms with Crippen molar-refractivity contribution in [1.29, 1.82) is 0 Å². The second-order valence-corrected chi connectivity index (χ2v) is 23.1. The highest BCUT2D eigenvalue weighted by atomic mass is 32.5. The number of rotatable bonds is 28. The maximum absolute atomic E-state index is 13.3. The maximum Gasteiger partial charge on any atom is 0.490 e. The van der Waals surface area contributed by atoms with Crippen LogP contribution in [-0.4, -0.2) is 72.6 Å². The molecule has 0 aliphatic rings. The van der Waals surface area contributed by atoms with Crippen LogP contribution in [0.25, 0.3) is 0 Å². The van der Waals surface area contributed by atoms with Gasteiger partial charge in [-0.3, -0.25) is 15.4 Å². The van der Waals surface area contributed by atoms with Crippen LogP contribution in [0.15, 0.2) is 226 Å². The summed E-state index contributed by atoms with van der Waals surface area (Å²) in [6.45, 7) is -0.621. The normalized spacial score (nSPS) is 11.0. The molecule has 0 saturated heterocycles. The van der Waals surface area contributed by atoms with E-state index in [1.165, 1.54) is 0 Å². The second kappa shape index (κ2) is 30.7. The van der Waals surface area contributed by atoms with Gasteiger partial charge in [-0.05, 0) is 115 Å². The summed E-state index contributed by atoms with van der Waals surface area (Å²) < 4.78 is 40.9. The van der Waals surface area contributed by atoms with Crippen LogP contribution < -0.4 is 24.2 Å². The van der Waals surface area contributed by atoms with E-state index in [0.717, 1.165) is 25.7 Å². The predicted molar refractivity (Wildman–Crippen MR) is 308 cm³/mol. The molecule has 2 N–H and O–H groups in total. The fraction of sp³-hybridized carbons (Fsp3) is 0.158. The van der Waals surface area contributed by atoms with Gasteiger partial charge in [0.05, 0.1) is 6.42 Å².